The largest absolute Gasteiger partial charge is 0.481 e. The third-order valence-corrected chi connectivity index (χ3v) is 5.00. The van der Waals surface area contributed by atoms with E-state index in [9.17, 15) is 29.1 Å². The summed E-state index contributed by atoms with van der Waals surface area (Å²) >= 11 is 1.35. The molecule has 0 spiro atoms. The number of thioether (sulfide) groups is 1. The van der Waals surface area contributed by atoms with Crippen molar-refractivity contribution in [3.8, 4) is 0 Å². The molecule has 12 N–H and O–H groups in total. The number of nitrogens with one attached hydrogen (secondary N) is 3. The van der Waals surface area contributed by atoms with E-state index in [0.717, 1.165) is 0 Å². The Morgan fingerprint density at radius 2 is 1.47 bits per heavy atom. The fourth-order valence-corrected chi connectivity index (χ4v) is 3.02. The molecule has 0 radical (unpaired) electrons. The lowest BCUT2D eigenvalue weighted by Gasteiger charge is -2.24. The summed E-state index contributed by atoms with van der Waals surface area (Å²) in [5.74, 6) is -5.25. The Labute approximate surface area is 200 Å². The van der Waals surface area contributed by atoms with E-state index in [1.807, 2.05) is 0 Å². The Bertz CT molecular complexity index is 748. The van der Waals surface area contributed by atoms with Crippen LogP contribution in [0.15, 0.2) is 4.99 Å². The topological polar surface area (TPSA) is 273 Å². The van der Waals surface area contributed by atoms with Crippen molar-refractivity contribution >= 4 is 47.4 Å². The summed E-state index contributed by atoms with van der Waals surface area (Å²) in [6, 6.07) is -5.40. The average Bonchev–Trinajstić information content (AvgIpc) is 2.76. The monoisotopic (exact) mass is 507 g/mol. The number of carboxylic acid groups (broad SMARTS) is 2. The molecule has 0 bridgehead atoms. The van der Waals surface area contributed by atoms with Gasteiger partial charge in [-0.3, -0.25) is 24.2 Å². The zero-order valence-corrected chi connectivity index (χ0v) is 19.5. The van der Waals surface area contributed by atoms with Gasteiger partial charge in [0.2, 0.25) is 17.7 Å². The number of guanidine groups is 1. The molecule has 3 amide bonds. The summed E-state index contributed by atoms with van der Waals surface area (Å²) in [6.45, 7) is -0.551. The predicted octanol–water partition coefficient (Wildman–Crippen LogP) is -3.87. The van der Waals surface area contributed by atoms with Crippen molar-refractivity contribution in [2.24, 2.45) is 22.2 Å². The van der Waals surface area contributed by atoms with Gasteiger partial charge in [-0.15, -0.1) is 0 Å². The van der Waals surface area contributed by atoms with E-state index in [1.54, 1.807) is 6.26 Å². The van der Waals surface area contributed by atoms with Crippen LogP contribution < -0.4 is 33.2 Å². The summed E-state index contributed by atoms with van der Waals surface area (Å²) in [6.07, 6.45) is 1.55. The summed E-state index contributed by atoms with van der Waals surface area (Å²) in [5, 5.41) is 34.2. The molecule has 0 saturated carbocycles. The lowest BCUT2D eigenvalue weighted by atomic mass is 10.1. The first-order valence-electron chi connectivity index (χ1n) is 10.2. The van der Waals surface area contributed by atoms with E-state index >= 15 is 0 Å². The molecule has 0 heterocycles. The minimum absolute atomic E-state index is 0.0779. The predicted molar refractivity (Wildman–Crippen MR) is 124 cm³/mol. The number of aliphatic hydroxyl groups is 1. The third kappa shape index (κ3) is 12.8. The molecule has 15 nitrogen and oxygen atoms in total. The highest BCUT2D eigenvalue weighted by molar-refractivity contribution is 7.98. The van der Waals surface area contributed by atoms with E-state index in [1.165, 1.54) is 11.8 Å². The highest BCUT2D eigenvalue weighted by atomic mass is 32.2. The quantitative estimate of drug-likeness (QED) is 0.0519. The second-order valence-corrected chi connectivity index (χ2v) is 8.12. The van der Waals surface area contributed by atoms with Gasteiger partial charge in [-0.05, 0) is 31.3 Å². The van der Waals surface area contributed by atoms with Gasteiger partial charge >= 0.3 is 11.9 Å². The number of aliphatic hydroxyl groups excluding tert-OH is 1. The number of hydrogen-bond acceptors (Lipinski definition) is 9. The molecular weight excluding hydrogens is 474 g/mol. The van der Waals surface area contributed by atoms with Gasteiger partial charge < -0.3 is 48.5 Å². The molecule has 0 aliphatic heterocycles. The molecule has 0 rings (SSSR count). The maximum absolute atomic E-state index is 12.6. The van der Waals surface area contributed by atoms with Crippen LogP contribution >= 0.6 is 11.8 Å². The van der Waals surface area contributed by atoms with Gasteiger partial charge in [0.1, 0.15) is 18.1 Å². The molecule has 194 valence electrons. The molecule has 0 aliphatic rings. The van der Waals surface area contributed by atoms with Crippen molar-refractivity contribution in [2.75, 3.05) is 25.2 Å². The van der Waals surface area contributed by atoms with Crippen molar-refractivity contribution in [1.29, 1.82) is 0 Å². The molecule has 4 atom stereocenters. The Balaban J connectivity index is 5.12. The first kappa shape index (κ1) is 30.9. The number of carbonyl (C=O) groups is 5. The lowest BCUT2D eigenvalue weighted by molar-refractivity contribution is -0.147. The highest BCUT2D eigenvalue weighted by Crippen LogP contribution is 2.04. The van der Waals surface area contributed by atoms with Crippen LogP contribution in [0.4, 0.5) is 0 Å². The van der Waals surface area contributed by atoms with Gasteiger partial charge in [0.15, 0.2) is 5.96 Å². The number of aliphatic carboxylic acids is 2. The number of hydrogen-bond donors (Lipinski definition) is 9. The van der Waals surface area contributed by atoms with Crippen LogP contribution in [0, 0.1) is 0 Å². The van der Waals surface area contributed by atoms with Crippen LogP contribution in [0.25, 0.3) is 0 Å². The van der Waals surface area contributed by atoms with E-state index in [0.29, 0.717) is 12.2 Å². The smallest absolute Gasteiger partial charge is 0.326 e. The number of carbonyl (C=O) groups excluding carboxylic acids is 3. The molecule has 0 aliphatic carbocycles. The van der Waals surface area contributed by atoms with Crippen molar-refractivity contribution < 1.29 is 39.3 Å². The standard InChI is InChI=1S/C18H33N7O8S/c1-34-6-4-10(15(30)24-11(17(32)33)7-13(27)28)23-16(31)12(8-26)25-14(29)9(19)3-2-5-22-18(20)21/h9-12,26H,2-8,19H2,1H3,(H,23,31)(H,24,30)(H,25,29)(H,27,28)(H,32,33)(H4,20,21,22). The van der Waals surface area contributed by atoms with Crippen molar-refractivity contribution in [3.05, 3.63) is 0 Å². The van der Waals surface area contributed by atoms with E-state index in [4.69, 9.17) is 27.4 Å². The maximum atomic E-state index is 12.6. The van der Waals surface area contributed by atoms with Crippen LogP contribution in [0.1, 0.15) is 25.7 Å². The van der Waals surface area contributed by atoms with E-state index < -0.39 is 66.9 Å². The molecule has 0 aromatic carbocycles. The molecule has 0 aromatic heterocycles. The van der Waals surface area contributed by atoms with Crippen LogP contribution in [0.3, 0.4) is 0 Å². The fraction of sp³-hybridized carbons (Fsp3) is 0.667. The molecule has 34 heavy (non-hydrogen) atoms. The summed E-state index contributed by atoms with van der Waals surface area (Å²) in [7, 11) is 0. The Hall–Kier alpha value is -3.11. The number of rotatable bonds is 17. The molecular formula is C18H33N7O8S. The van der Waals surface area contributed by atoms with Gasteiger partial charge in [0, 0.05) is 6.54 Å². The van der Waals surface area contributed by atoms with Crippen LogP contribution in [-0.4, -0.2) is 100 Å². The first-order valence-corrected chi connectivity index (χ1v) is 11.6. The minimum Gasteiger partial charge on any atom is -0.481 e. The van der Waals surface area contributed by atoms with Crippen molar-refractivity contribution in [1.82, 2.24) is 16.0 Å². The SMILES string of the molecule is CSCCC(NC(=O)C(CO)NC(=O)C(N)CCCN=C(N)N)C(=O)NC(CC(=O)O)C(=O)O. The summed E-state index contributed by atoms with van der Waals surface area (Å²) in [5.41, 5.74) is 16.2. The minimum atomic E-state index is -1.70. The average molecular weight is 508 g/mol. The zero-order valence-electron chi connectivity index (χ0n) is 18.7. The van der Waals surface area contributed by atoms with Gasteiger partial charge in [-0.1, -0.05) is 0 Å². The van der Waals surface area contributed by atoms with Crippen molar-refractivity contribution in [3.63, 3.8) is 0 Å². The molecule has 4 unspecified atom stereocenters. The highest BCUT2D eigenvalue weighted by Gasteiger charge is 2.30. The first-order chi connectivity index (χ1) is 15.9. The maximum Gasteiger partial charge on any atom is 0.326 e. The van der Waals surface area contributed by atoms with E-state index in [2.05, 4.69) is 20.9 Å². The van der Waals surface area contributed by atoms with Crippen LogP contribution in [-0.2, 0) is 24.0 Å². The second kappa shape index (κ2) is 16.5. The number of amides is 3. The van der Waals surface area contributed by atoms with Crippen LogP contribution in [0.2, 0.25) is 0 Å². The zero-order chi connectivity index (χ0) is 26.3. The van der Waals surface area contributed by atoms with E-state index in [-0.39, 0.29) is 25.3 Å². The number of carboxylic acids is 2. The Morgan fingerprint density at radius 1 is 0.912 bits per heavy atom. The summed E-state index contributed by atoms with van der Waals surface area (Å²) < 4.78 is 0. The Kier molecular flexibility index (Phi) is 15.0. The number of aliphatic imine (C=N–C) groups is 1. The van der Waals surface area contributed by atoms with Gasteiger partial charge in [-0.2, -0.15) is 11.8 Å². The second-order valence-electron chi connectivity index (χ2n) is 7.14. The van der Waals surface area contributed by atoms with Gasteiger partial charge in [0.25, 0.3) is 0 Å². The molecule has 0 aromatic rings. The fourth-order valence-electron chi connectivity index (χ4n) is 2.55. The van der Waals surface area contributed by atoms with Gasteiger partial charge in [0.05, 0.1) is 19.1 Å². The molecule has 0 saturated heterocycles. The number of nitrogens with zero attached hydrogens (tertiary/aromatic N) is 1. The van der Waals surface area contributed by atoms with Crippen LogP contribution in [0.5, 0.6) is 0 Å². The number of nitrogens with two attached hydrogens (primary N) is 3. The lowest BCUT2D eigenvalue weighted by Crippen LogP contribution is -2.58. The Morgan fingerprint density at radius 3 is 1.97 bits per heavy atom. The summed E-state index contributed by atoms with van der Waals surface area (Å²) in [4.78, 5) is 63.1. The normalized spacial score (nSPS) is 14.1. The molecule has 16 heteroatoms. The third-order valence-electron chi connectivity index (χ3n) is 4.36. The molecule has 0 fully saturated rings. The van der Waals surface area contributed by atoms with Crippen molar-refractivity contribution in [2.45, 2.75) is 49.9 Å². The van der Waals surface area contributed by atoms with Gasteiger partial charge in [-0.25, -0.2) is 4.79 Å².